The molecule has 6 nitrogen and oxygen atoms in total. The van der Waals surface area contributed by atoms with Crippen LogP contribution in [0.5, 0.6) is 11.5 Å². The minimum absolute atomic E-state index is 0.0194. The Kier molecular flexibility index (Phi) is 7.29. The van der Waals surface area contributed by atoms with Gasteiger partial charge in [0.2, 0.25) is 5.91 Å². The molecule has 0 radical (unpaired) electrons. The van der Waals surface area contributed by atoms with Gasteiger partial charge in [-0.25, -0.2) is 4.39 Å². The van der Waals surface area contributed by atoms with E-state index in [1.54, 1.807) is 24.4 Å². The molecule has 0 aliphatic heterocycles. The van der Waals surface area contributed by atoms with Gasteiger partial charge in [0.15, 0.2) is 11.6 Å². The third-order valence-corrected chi connectivity index (χ3v) is 5.03. The molecule has 1 amide bonds. The predicted octanol–water partition coefficient (Wildman–Crippen LogP) is 4.51. The monoisotopic (exact) mass is 426 g/mol. The van der Waals surface area contributed by atoms with Crippen molar-refractivity contribution in [3.05, 3.63) is 82.6 Å². The summed E-state index contributed by atoms with van der Waals surface area (Å²) in [7, 11) is 1.30. The van der Waals surface area contributed by atoms with Gasteiger partial charge in [-0.15, -0.1) is 11.3 Å². The summed E-state index contributed by atoms with van der Waals surface area (Å²) in [5, 5.41) is 4.63. The van der Waals surface area contributed by atoms with Crippen LogP contribution in [-0.4, -0.2) is 24.0 Å². The van der Waals surface area contributed by atoms with E-state index in [1.165, 1.54) is 48.9 Å². The molecule has 2 aromatic heterocycles. The molecule has 2 heterocycles. The highest BCUT2D eigenvalue weighted by Gasteiger charge is 2.19. The van der Waals surface area contributed by atoms with Gasteiger partial charge in [-0.2, -0.15) is 0 Å². The second-order valence-corrected chi connectivity index (χ2v) is 7.15. The van der Waals surface area contributed by atoms with E-state index >= 15 is 0 Å². The van der Waals surface area contributed by atoms with E-state index in [2.05, 4.69) is 10.3 Å². The summed E-state index contributed by atoms with van der Waals surface area (Å²) < 4.78 is 24.5. The van der Waals surface area contributed by atoms with E-state index in [0.717, 1.165) is 4.88 Å². The minimum atomic E-state index is -0.566. The molecule has 1 atom stereocenters. The van der Waals surface area contributed by atoms with Gasteiger partial charge in [-0.1, -0.05) is 12.1 Å². The number of hydrogen-bond donors (Lipinski definition) is 1. The van der Waals surface area contributed by atoms with Crippen molar-refractivity contribution >= 4 is 29.3 Å². The molecular formula is C22H19FN2O4S. The lowest BCUT2D eigenvalue weighted by atomic mass is 10.1. The number of halogens is 1. The van der Waals surface area contributed by atoms with Crippen molar-refractivity contribution < 1.29 is 23.5 Å². The van der Waals surface area contributed by atoms with Crippen LogP contribution < -0.4 is 10.1 Å². The van der Waals surface area contributed by atoms with Gasteiger partial charge in [-0.05, 0) is 47.4 Å². The van der Waals surface area contributed by atoms with Crippen molar-refractivity contribution in [3.63, 3.8) is 0 Å². The van der Waals surface area contributed by atoms with E-state index < -0.39 is 23.7 Å². The van der Waals surface area contributed by atoms with E-state index in [1.807, 2.05) is 17.5 Å². The first kappa shape index (κ1) is 21.2. The van der Waals surface area contributed by atoms with Crippen LogP contribution in [0.25, 0.3) is 6.08 Å². The number of thiophene rings is 1. The molecule has 0 saturated heterocycles. The van der Waals surface area contributed by atoms with Gasteiger partial charge < -0.3 is 14.8 Å². The van der Waals surface area contributed by atoms with Crippen molar-refractivity contribution in [1.29, 1.82) is 0 Å². The normalized spacial score (nSPS) is 11.8. The molecule has 1 aromatic carbocycles. The van der Waals surface area contributed by atoms with Crippen LogP contribution >= 0.6 is 11.3 Å². The van der Waals surface area contributed by atoms with Crippen molar-refractivity contribution in [2.45, 2.75) is 12.5 Å². The zero-order valence-electron chi connectivity index (χ0n) is 16.1. The summed E-state index contributed by atoms with van der Waals surface area (Å²) in [4.78, 5) is 28.7. The van der Waals surface area contributed by atoms with Crippen LogP contribution in [-0.2, 0) is 14.3 Å². The Labute approximate surface area is 177 Å². The topological polar surface area (TPSA) is 77.5 Å². The zero-order chi connectivity index (χ0) is 21.3. The largest absolute Gasteiger partial charge is 0.469 e. The molecule has 0 fully saturated rings. The molecule has 3 aromatic rings. The fraction of sp³-hybridized carbons (Fsp3) is 0.136. The Balaban J connectivity index is 1.64. The molecule has 154 valence electrons. The number of pyridine rings is 1. The number of benzene rings is 1. The van der Waals surface area contributed by atoms with Gasteiger partial charge in [0.05, 0.1) is 25.8 Å². The van der Waals surface area contributed by atoms with Gasteiger partial charge in [-0.3, -0.25) is 14.6 Å². The molecule has 0 spiro atoms. The highest BCUT2D eigenvalue weighted by atomic mass is 32.1. The number of nitrogens with one attached hydrogen (secondary N) is 1. The van der Waals surface area contributed by atoms with E-state index in [-0.39, 0.29) is 12.2 Å². The Bertz CT molecular complexity index is 1020. The standard InChI is InChI=1S/C22H19FN2O4S/c1-28-22(27)13-18(20-5-3-11-30-20)25-21(26)9-7-15-6-8-19(17(23)12-15)29-16-4-2-10-24-14-16/h2-12,14,18H,13H2,1H3,(H,25,26)/b9-7+. The first-order valence-corrected chi connectivity index (χ1v) is 9.89. The van der Waals surface area contributed by atoms with Crippen LogP contribution in [0.2, 0.25) is 0 Å². The van der Waals surface area contributed by atoms with Crippen molar-refractivity contribution in [2.24, 2.45) is 0 Å². The Morgan fingerprint density at radius 2 is 2.13 bits per heavy atom. The van der Waals surface area contributed by atoms with Crippen molar-refractivity contribution in [2.75, 3.05) is 7.11 Å². The zero-order valence-corrected chi connectivity index (χ0v) is 16.9. The number of aromatic nitrogens is 1. The molecular weight excluding hydrogens is 407 g/mol. The highest BCUT2D eigenvalue weighted by molar-refractivity contribution is 7.10. The third kappa shape index (κ3) is 5.99. The van der Waals surface area contributed by atoms with Crippen molar-refractivity contribution in [1.82, 2.24) is 10.3 Å². The molecule has 0 aliphatic carbocycles. The maximum atomic E-state index is 14.3. The predicted molar refractivity (Wildman–Crippen MR) is 112 cm³/mol. The van der Waals surface area contributed by atoms with Crippen LogP contribution in [0.15, 0.2) is 66.3 Å². The number of hydrogen-bond acceptors (Lipinski definition) is 6. The lowest BCUT2D eigenvalue weighted by molar-refractivity contribution is -0.141. The van der Waals surface area contributed by atoms with Gasteiger partial charge >= 0.3 is 5.97 Å². The molecule has 30 heavy (non-hydrogen) atoms. The fourth-order valence-electron chi connectivity index (χ4n) is 2.59. The fourth-order valence-corrected chi connectivity index (χ4v) is 3.37. The van der Waals surface area contributed by atoms with Gasteiger partial charge in [0, 0.05) is 17.2 Å². The minimum Gasteiger partial charge on any atom is -0.469 e. The van der Waals surface area contributed by atoms with Crippen LogP contribution in [0, 0.1) is 5.82 Å². The number of amides is 1. The van der Waals surface area contributed by atoms with E-state index in [0.29, 0.717) is 11.3 Å². The number of carbonyl (C=O) groups excluding carboxylic acids is 2. The summed E-state index contributed by atoms with van der Waals surface area (Å²) in [6, 6.07) is 10.9. The summed E-state index contributed by atoms with van der Waals surface area (Å²) in [5.41, 5.74) is 0.488. The number of rotatable bonds is 8. The van der Waals surface area contributed by atoms with Crippen LogP contribution in [0.1, 0.15) is 22.9 Å². The molecule has 1 N–H and O–H groups in total. The second kappa shape index (κ2) is 10.3. The third-order valence-electron chi connectivity index (χ3n) is 4.05. The summed E-state index contributed by atoms with van der Waals surface area (Å²) >= 11 is 1.43. The Hall–Kier alpha value is -3.52. The molecule has 3 rings (SSSR count). The van der Waals surface area contributed by atoms with Crippen LogP contribution in [0.4, 0.5) is 4.39 Å². The average Bonchev–Trinajstić information content (AvgIpc) is 3.29. The number of ether oxygens (including phenoxy) is 2. The lowest BCUT2D eigenvalue weighted by Crippen LogP contribution is -2.28. The summed E-state index contributed by atoms with van der Waals surface area (Å²) in [6.45, 7) is 0. The number of methoxy groups -OCH3 is 1. The average molecular weight is 426 g/mol. The van der Waals surface area contributed by atoms with Gasteiger partial charge in [0.1, 0.15) is 5.75 Å². The molecule has 8 heteroatoms. The maximum absolute atomic E-state index is 14.3. The summed E-state index contributed by atoms with van der Waals surface area (Å²) in [5.74, 6) is -0.925. The van der Waals surface area contributed by atoms with Crippen molar-refractivity contribution in [3.8, 4) is 11.5 Å². The van der Waals surface area contributed by atoms with Gasteiger partial charge in [0.25, 0.3) is 0 Å². The molecule has 0 aliphatic rings. The van der Waals surface area contributed by atoms with E-state index in [4.69, 9.17) is 9.47 Å². The Morgan fingerprint density at radius 1 is 1.27 bits per heavy atom. The molecule has 1 unspecified atom stereocenters. The first-order valence-electron chi connectivity index (χ1n) is 9.01. The number of nitrogens with zero attached hydrogens (tertiary/aromatic N) is 1. The number of esters is 1. The second-order valence-electron chi connectivity index (χ2n) is 6.17. The van der Waals surface area contributed by atoms with E-state index in [9.17, 15) is 14.0 Å². The molecule has 0 bridgehead atoms. The number of carbonyl (C=O) groups is 2. The Morgan fingerprint density at radius 3 is 2.80 bits per heavy atom. The quantitative estimate of drug-likeness (QED) is 0.424. The SMILES string of the molecule is COC(=O)CC(NC(=O)/C=C/c1ccc(Oc2cccnc2)c(F)c1)c1cccs1. The van der Waals surface area contributed by atoms with Crippen LogP contribution in [0.3, 0.4) is 0 Å². The highest BCUT2D eigenvalue weighted by Crippen LogP contribution is 2.25. The lowest BCUT2D eigenvalue weighted by Gasteiger charge is -2.15. The molecule has 0 saturated carbocycles. The summed E-state index contributed by atoms with van der Waals surface area (Å²) in [6.07, 6.45) is 5.86. The maximum Gasteiger partial charge on any atom is 0.307 e. The first-order chi connectivity index (χ1) is 14.5. The smallest absolute Gasteiger partial charge is 0.307 e.